The summed E-state index contributed by atoms with van der Waals surface area (Å²) in [5.41, 5.74) is 3.40. The highest BCUT2D eigenvalue weighted by molar-refractivity contribution is 8.00. The molecule has 0 radical (unpaired) electrons. The average Bonchev–Trinajstić information content (AvgIpc) is 3.27. The van der Waals surface area contributed by atoms with E-state index in [4.69, 9.17) is 0 Å². The smallest absolute Gasteiger partial charge is 0.233 e. The first kappa shape index (κ1) is 18.7. The maximum atomic E-state index is 12.4. The molecule has 3 rings (SSSR count). The van der Waals surface area contributed by atoms with Crippen molar-refractivity contribution in [3.63, 3.8) is 0 Å². The summed E-state index contributed by atoms with van der Waals surface area (Å²) < 4.78 is 1.94. The quantitative estimate of drug-likeness (QED) is 0.628. The van der Waals surface area contributed by atoms with Crippen LogP contribution in [0.3, 0.4) is 0 Å². The van der Waals surface area contributed by atoms with Crippen LogP contribution >= 0.6 is 23.1 Å². The van der Waals surface area contributed by atoms with Crippen LogP contribution < -0.4 is 5.32 Å². The summed E-state index contributed by atoms with van der Waals surface area (Å²) in [6.07, 6.45) is 2.56. The highest BCUT2D eigenvalue weighted by Gasteiger charge is 2.18. The van der Waals surface area contributed by atoms with E-state index in [2.05, 4.69) is 59.0 Å². The number of amides is 1. The number of benzene rings is 1. The van der Waals surface area contributed by atoms with Crippen LogP contribution in [0.2, 0.25) is 0 Å². The molecule has 7 heteroatoms. The van der Waals surface area contributed by atoms with Crippen molar-refractivity contribution >= 4 is 29.0 Å². The maximum Gasteiger partial charge on any atom is 0.233 e. The minimum absolute atomic E-state index is 0.0155. The highest BCUT2D eigenvalue weighted by atomic mass is 32.2. The number of nitrogens with one attached hydrogen (secondary N) is 1. The SMILES string of the molecule is Cc1ccc(-n2cnnc2SC(C)C(=O)NCCc2cccs2)c(C)c1. The molecule has 1 unspecified atom stereocenters. The molecule has 0 saturated heterocycles. The maximum absolute atomic E-state index is 12.4. The molecular weight excluding hydrogens is 364 g/mol. The number of hydrogen-bond acceptors (Lipinski definition) is 5. The number of aromatic nitrogens is 3. The third kappa shape index (κ3) is 4.53. The third-order valence-corrected chi connectivity index (χ3v) is 6.02. The van der Waals surface area contributed by atoms with Gasteiger partial charge >= 0.3 is 0 Å². The van der Waals surface area contributed by atoms with Crippen molar-refractivity contribution in [3.8, 4) is 5.69 Å². The van der Waals surface area contributed by atoms with Gasteiger partial charge in [-0.3, -0.25) is 9.36 Å². The molecule has 2 aromatic heterocycles. The summed E-state index contributed by atoms with van der Waals surface area (Å²) in [7, 11) is 0. The first-order valence-corrected chi connectivity index (χ1v) is 10.2. The van der Waals surface area contributed by atoms with Crippen LogP contribution in [0.15, 0.2) is 47.2 Å². The molecule has 3 aromatic rings. The number of aryl methyl sites for hydroxylation is 2. The van der Waals surface area contributed by atoms with Gasteiger partial charge < -0.3 is 5.32 Å². The second kappa shape index (κ2) is 8.51. The number of thiophene rings is 1. The molecule has 0 fully saturated rings. The Balaban J connectivity index is 1.62. The Hall–Kier alpha value is -2.12. The predicted octanol–water partition coefficient (Wildman–Crippen LogP) is 3.79. The van der Waals surface area contributed by atoms with Crippen LogP contribution in [0.1, 0.15) is 22.9 Å². The molecule has 0 aliphatic rings. The van der Waals surface area contributed by atoms with E-state index in [9.17, 15) is 4.79 Å². The Bertz CT molecular complexity index is 874. The van der Waals surface area contributed by atoms with E-state index in [1.807, 2.05) is 17.6 Å². The Morgan fingerprint density at radius 1 is 1.35 bits per heavy atom. The summed E-state index contributed by atoms with van der Waals surface area (Å²) in [5.74, 6) is 0.0155. The molecule has 1 aromatic carbocycles. The monoisotopic (exact) mass is 386 g/mol. The topological polar surface area (TPSA) is 59.8 Å². The molecule has 0 spiro atoms. The first-order chi connectivity index (χ1) is 12.5. The number of carbonyl (C=O) groups is 1. The number of nitrogens with zero attached hydrogens (tertiary/aromatic N) is 3. The van der Waals surface area contributed by atoms with Crippen LogP contribution in [0.5, 0.6) is 0 Å². The van der Waals surface area contributed by atoms with Gasteiger partial charge in [-0.25, -0.2) is 0 Å². The van der Waals surface area contributed by atoms with Gasteiger partial charge in [0.15, 0.2) is 5.16 Å². The van der Waals surface area contributed by atoms with Crippen LogP contribution in [0.4, 0.5) is 0 Å². The zero-order chi connectivity index (χ0) is 18.5. The molecule has 0 aliphatic heterocycles. The van der Waals surface area contributed by atoms with Gasteiger partial charge in [-0.05, 0) is 50.3 Å². The van der Waals surface area contributed by atoms with E-state index in [1.165, 1.54) is 22.2 Å². The second-order valence-electron chi connectivity index (χ2n) is 6.15. The summed E-state index contributed by atoms with van der Waals surface area (Å²) >= 11 is 3.13. The van der Waals surface area contributed by atoms with Crippen molar-refractivity contribution in [3.05, 3.63) is 58.0 Å². The highest BCUT2D eigenvalue weighted by Crippen LogP contribution is 2.25. The van der Waals surface area contributed by atoms with Crippen LogP contribution in [-0.2, 0) is 11.2 Å². The van der Waals surface area contributed by atoms with Gasteiger partial charge in [-0.1, -0.05) is 35.5 Å². The Morgan fingerprint density at radius 2 is 2.19 bits per heavy atom. The van der Waals surface area contributed by atoms with Gasteiger partial charge in [0.05, 0.1) is 10.9 Å². The van der Waals surface area contributed by atoms with E-state index in [1.54, 1.807) is 17.7 Å². The molecule has 1 amide bonds. The molecule has 136 valence electrons. The van der Waals surface area contributed by atoms with E-state index >= 15 is 0 Å². The van der Waals surface area contributed by atoms with Gasteiger partial charge in [-0.2, -0.15) is 0 Å². The lowest BCUT2D eigenvalue weighted by Gasteiger charge is -2.13. The van der Waals surface area contributed by atoms with Gasteiger partial charge in [0.25, 0.3) is 0 Å². The third-order valence-electron chi connectivity index (χ3n) is 4.03. The summed E-state index contributed by atoms with van der Waals surface area (Å²) in [6.45, 7) is 6.68. The fourth-order valence-corrected chi connectivity index (χ4v) is 4.23. The zero-order valence-electron chi connectivity index (χ0n) is 15.1. The fourth-order valence-electron chi connectivity index (χ4n) is 2.66. The summed E-state index contributed by atoms with van der Waals surface area (Å²) in [4.78, 5) is 13.6. The molecule has 2 heterocycles. The predicted molar refractivity (Wildman–Crippen MR) is 107 cm³/mol. The standard InChI is InChI=1S/C19H22N4OS2/c1-13-6-7-17(14(2)11-13)23-12-21-22-19(23)26-15(3)18(24)20-9-8-16-5-4-10-25-16/h4-7,10-12,15H,8-9H2,1-3H3,(H,20,24). The minimum Gasteiger partial charge on any atom is -0.355 e. The van der Waals surface area contributed by atoms with E-state index in [0.29, 0.717) is 6.54 Å². The van der Waals surface area contributed by atoms with Gasteiger partial charge in [0.1, 0.15) is 6.33 Å². The lowest BCUT2D eigenvalue weighted by molar-refractivity contribution is -0.120. The molecule has 0 aliphatic carbocycles. The van der Waals surface area contributed by atoms with Crippen LogP contribution in [0, 0.1) is 13.8 Å². The Labute approximate surface area is 161 Å². The molecule has 1 atom stereocenters. The number of hydrogen-bond donors (Lipinski definition) is 1. The minimum atomic E-state index is -0.243. The van der Waals surface area contributed by atoms with E-state index < -0.39 is 0 Å². The summed E-state index contributed by atoms with van der Waals surface area (Å²) in [6, 6.07) is 10.4. The van der Waals surface area contributed by atoms with Crippen molar-refractivity contribution in [2.75, 3.05) is 6.54 Å². The summed E-state index contributed by atoms with van der Waals surface area (Å²) in [5, 5.41) is 13.8. The number of rotatable bonds is 7. The zero-order valence-corrected chi connectivity index (χ0v) is 16.7. The average molecular weight is 387 g/mol. The number of carbonyl (C=O) groups excluding carboxylic acids is 1. The normalized spacial score (nSPS) is 12.1. The van der Waals surface area contributed by atoms with Crippen molar-refractivity contribution in [1.82, 2.24) is 20.1 Å². The van der Waals surface area contributed by atoms with Crippen molar-refractivity contribution in [1.29, 1.82) is 0 Å². The van der Waals surface area contributed by atoms with Crippen molar-refractivity contribution in [2.45, 2.75) is 37.6 Å². The Morgan fingerprint density at radius 3 is 2.92 bits per heavy atom. The lowest BCUT2D eigenvalue weighted by Crippen LogP contribution is -2.32. The fraction of sp³-hybridized carbons (Fsp3) is 0.316. The molecule has 1 N–H and O–H groups in total. The molecule has 0 saturated carbocycles. The molecule has 26 heavy (non-hydrogen) atoms. The van der Waals surface area contributed by atoms with Gasteiger partial charge in [-0.15, -0.1) is 21.5 Å². The molecular formula is C19H22N4OS2. The first-order valence-electron chi connectivity index (χ1n) is 8.49. The van der Waals surface area contributed by atoms with Crippen molar-refractivity contribution < 1.29 is 4.79 Å². The number of thioether (sulfide) groups is 1. The lowest BCUT2D eigenvalue weighted by atomic mass is 10.1. The van der Waals surface area contributed by atoms with Crippen LogP contribution in [-0.4, -0.2) is 32.5 Å². The largest absolute Gasteiger partial charge is 0.355 e. The molecule has 5 nitrogen and oxygen atoms in total. The van der Waals surface area contributed by atoms with Crippen LogP contribution in [0.25, 0.3) is 5.69 Å². The molecule has 0 bridgehead atoms. The van der Waals surface area contributed by atoms with E-state index in [0.717, 1.165) is 22.8 Å². The Kier molecular flexibility index (Phi) is 6.11. The van der Waals surface area contributed by atoms with E-state index in [-0.39, 0.29) is 11.2 Å². The second-order valence-corrected chi connectivity index (χ2v) is 8.49. The van der Waals surface area contributed by atoms with Crippen molar-refractivity contribution in [2.24, 2.45) is 0 Å². The van der Waals surface area contributed by atoms with Gasteiger partial charge in [0, 0.05) is 11.4 Å². The van der Waals surface area contributed by atoms with Gasteiger partial charge in [0.2, 0.25) is 5.91 Å².